The van der Waals surface area contributed by atoms with Gasteiger partial charge in [-0.25, -0.2) is 0 Å². The number of rotatable bonds is 8. The Morgan fingerprint density at radius 1 is 0.447 bits per heavy atom. The molecule has 0 aliphatic carbocycles. The molecule has 4 aromatic rings. The molecule has 0 N–H and O–H groups in total. The maximum atomic E-state index is 14.4. The van der Waals surface area contributed by atoms with Gasteiger partial charge in [-0.15, -0.1) is 0 Å². The van der Waals surface area contributed by atoms with Crippen molar-refractivity contribution in [2.75, 3.05) is 0 Å². The molecule has 0 unspecified atom stereocenters. The predicted molar refractivity (Wildman–Crippen MR) is 165 cm³/mol. The first-order chi connectivity index (χ1) is 18.0. The zero-order valence-electron chi connectivity index (χ0n) is 23.2. The van der Waals surface area contributed by atoms with E-state index in [-0.39, 0.29) is 10.1 Å². The van der Waals surface area contributed by atoms with Crippen molar-refractivity contribution in [3.8, 4) is 0 Å². The van der Waals surface area contributed by atoms with Crippen LogP contribution in [0.4, 0.5) is 0 Å². The zero-order valence-corrected chi connectivity index (χ0v) is 26.1. The fourth-order valence-corrected chi connectivity index (χ4v) is 18.4. The lowest BCUT2D eigenvalue weighted by molar-refractivity contribution is 0.394. The Morgan fingerprint density at radius 3 is 0.842 bits per heavy atom. The molecule has 0 aliphatic rings. The first-order valence-electron chi connectivity index (χ1n) is 13.1. The average Bonchev–Trinajstić information content (AvgIpc) is 2.91. The van der Waals surface area contributed by atoms with Gasteiger partial charge in [0.25, 0.3) is 0 Å². The minimum Gasteiger partial charge on any atom is -0.164 e. The molecule has 3 nitrogen and oxygen atoms in total. The van der Waals surface area contributed by atoms with Gasteiger partial charge in [0.2, 0.25) is 0 Å². The second-order valence-electron chi connectivity index (χ2n) is 11.7. The molecule has 0 heterocycles. The highest BCUT2D eigenvalue weighted by Crippen LogP contribution is 2.47. The van der Waals surface area contributed by atoms with Gasteiger partial charge in [-0.3, -0.25) is 0 Å². The summed E-state index contributed by atoms with van der Waals surface area (Å²) in [5, 5.41) is 3.69. The van der Waals surface area contributed by atoms with Crippen molar-refractivity contribution in [3.05, 3.63) is 121 Å². The average molecular weight is 558 g/mol. The topological polar surface area (TPSA) is 35.5 Å². The molecule has 0 saturated carbocycles. The van der Waals surface area contributed by atoms with Gasteiger partial charge in [0, 0.05) is 4.57 Å². The van der Waals surface area contributed by atoms with Gasteiger partial charge in [0.15, 0.2) is 0 Å². The molecule has 4 rings (SSSR count). The summed E-state index contributed by atoms with van der Waals surface area (Å²) in [6, 6.07) is 41.2. The fraction of sp³-hybridized carbons (Fsp3) is 0.250. The smallest absolute Gasteiger partial charge is 0.164 e. The van der Waals surface area contributed by atoms with Crippen LogP contribution in [-0.2, 0) is 13.0 Å². The summed E-state index contributed by atoms with van der Waals surface area (Å²) < 4.78 is 28.3. The van der Waals surface area contributed by atoms with E-state index in [1.807, 2.05) is 72.8 Å². The molecule has 4 aromatic carbocycles. The van der Waals surface area contributed by atoms with Crippen molar-refractivity contribution in [2.45, 2.75) is 51.6 Å². The van der Waals surface area contributed by atoms with Gasteiger partial charge < -0.3 is 0 Å². The van der Waals surface area contributed by atoms with Crippen LogP contribution in [0.2, 0.25) is 10.1 Å². The van der Waals surface area contributed by atoms with E-state index in [2.05, 4.69) is 90.1 Å². The van der Waals surface area contributed by atoms with Crippen LogP contribution in [0.25, 0.3) is 0 Å². The highest BCUT2D eigenvalue weighted by Gasteiger charge is 2.62. The molecule has 6 heteroatoms. The van der Waals surface area contributed by atoms with Crippen LogP contribution in [0.5, 0.6) is 0 Å². The maximum absolute atomic E-state index is 14.4. The summed E-state index contributed by atoms with van der Waals surface area (Å²) in [6.45, 7) is 13.1. The standard InChI is InChI=1S/C32H38O3PSi2/c1-31(2,3)37(27-19-11-7-12-20-27,28-21-13-8-14-22-28)34-36(33)35-38(32(4,5)6,29-23-15-9-16-24-29)30-25-17-10-18-26-30/h7-26H,1-6H3/q+1. The van der Waals surface area contributed by atoms with E-state index in [1.54, 1.807) is 0 Å². The Hall–Kier alpha value is -2.67. The fourth-order valence-electron chi connectivity index (χ4n) is 5.48. The van der Waals surface area contributed by atoms with Crippen molar-refractivity contribution in [3.63, 3.8) is 0 Å². The molecule has 0 aromatic heterocycles. The highest BCUT2D eigenvalue weighted by atomic mass is 31.1. The summed E-state index contributed by atoms with van der Waals surface area (Å²) in [6.07, 6.45) is 0. The van der Waals surface area contributed by atoms with Gasteiger partial charge in [-0.1, -0.05) is 163 Å². The lowest BCUT2D eigenvalue weighted by atomic mass is 10.2. The van der Waals surface area contributed by atoms with Crippen LogP contribution in [0.3, 0.4) is 0 Å². The summed E-state index contributed by atoms with van der Waals surface area (Å²) >= 11 is 0. The monoisotopic (exact) mass is 557 g/mol. The van der Waals surface area contributed by atoms with Crippen LogP contribution in [0.1, 0.15) is 41.5 Å². The molecule has 0 fully saturated rings. The van der Waals surface area contributed by atoms with Gasteiger partial charge in [0.1, 0.15) is 0 Å². The predicted octanol–water partition coefficient (Wildman–Crippen LogP) is 6.80. The second-order valence-corrected chi connectivity index (χ2v) is 21.7. The van der Waals surface area contributed by atoms with E-state index in [0.717, 1.165) is 20.7 Å². The van der Waals surface area contributed by atoms with Gasteiger partial charge in [-0.2, -0.15) is 8.43 Å². The quantitative estimate of drug-likeness (QED) is 0.177. The minimum atomic E-state index is -3.06. The van der Waals surface area contributed by atoms with Gasteiger partial charge in [0.05, 0.1) is 0 Å². The maximum Gasteiger partial charge on any atom is 0.674 e. The molecule has 0 bridgehead atoms. The van der Waals surface area contributed by atoms with Gasteiger partial charge in [-0.05, 0) is 30.8 Å². The van der Waals surface area contributed by atoms with Crippen LogP contribution in [0.15, 0.2) is 121 Å². The molecule has 0 atom stereocenters. The lowest BCUT2D eigenvalue weighted by Crippen LogP contribution is -2.67. The molecular formula is C32H38O3PSi2+. The van der Waals surface area contributed by atoms with E-state index in [0.29, 0.717) is 0 Å². The highest BCUT2D eigenvalue weighted by molar-refractivity contribution is 7.40. The van der Waals surface area contributed by atoms with E-state index >= 15 is 0 Å². The Balaban J connectivity index is 1.90. The second kappa shape index (κ2) is 11.2. The molecule has 0 saturated heterocycles. The molecule has 0 amide bonds. The van der Waals surface area contributed by atoms with Crippen LogP contribution in [-0.4, -0.2) is 16.6 Å². The summed E-state index contributed by atoms with van der Waals surface area (Å²) in [5.41, 5.74) is 0. The van der Waals surface area contributed by atoms with Crippen molar-refractivity contribution in [2.24, 2.45) is 0 Å². The molecule has 38 heavy (non-hydrogen) atoms. The molecule has 0 aliphatic heterocycles. The largest absolute Gasteiger partial charge is 0.674 e. The van der Waals surface area contributed by atoms with Gasteiger partial charge >= 0.3 is 24.9 Å². The first-order valence-corrected chi connectivity index (χ1v) is 18.0. The first kappa shape index (κ1) is 28.3. The Kier molecular flexibility index (Phi) is 8.36. The summed E-state index contributed by atoms with van der Waals surface area (Å²) in [4.78, 5) is 0. The van der Waals surface area contributed by atoms with E-state index in [9.17, 15) is 4.57 Å². The zero-order chi connectivity index (χ0) is 27.4. The Bertz CT molecular complexity index is 1150. The van der Waals surface area contributed by atoms with Crippen molar-refractivity contribution in [1.29, 1.82) is 0 Å². The van der Waals surface area contributed by atoms with E-state index in [1.165, 1.54) is 0 Å². The summed E-state index contributed by atoms with van der Waals surface area (Å²) in [7, 11) is -8.63. The number of hydrogen-bond acceptors (Lipinski definition) is 3. The minimum absolute atomic E-state index is 0.310. The normalized spacial score (nSPS) is 12.8. The third-order valence-electron chi connectivity index (χ3n) is 7.26. The van der Waals surface area contributed by atoms with Crippen molar-refractivity contribution < 1.29 is 13.0 Å². The lowest BCUT2D eigenvalue weighted by Gasteiger charge is -2.40. The molecule has 0 spiro atoms. The van der Waals surface area contributed by atoms with Crippen LogP contribution in [0, 0.1) is 0 Å². The van der Waals surface area contributed by atoms with Crippen molar-refractivity contribution in [1.82, 2.24) is 0 Å². The molecule has 0 radical (unpaired) electrons. The Labute approximate surface area is 231 Å². The van der Waals surface area contributed by atoms with Crippen molar-refractivity contribution >= 4 is 45.6 Å². The van der Waals surface area contributed by atoms with Crippen LogP contribution < -0.4 is 20.7 Å². The molecule has 196 valence electrons. The van der Waals surface area contributed by atoms with E-state index < -0.39 is 24.9 Å². The summed E-state index contributed by atoms with van der Waals surface area (Å²) in [5.74, 6) is 0. The Morgan fingerprint density at radius 2 is 0.658 bits per heavy atom. The molecular weight excluding hydrogens is 519 g/mol. The van der Waals surface area contributed by atoms with Crippen LogP contribution >= 0.6 is 8.25 Å². The number of benzene rings is 4. The third-order valence-corrected chi connectivity index (χ3v) is 19.5. The van der Waals surface area contributed by atoms with E-state index in [4.69, 9.17) is 8.43 Å². The SMILES string of the molecule is CC(C)(C)[Si](O[P+](=O)O[Si](c1ccccc1)(c1ccccc1)C(C)(C)C)(c1ccccc1)c1ccccc1. The number of hydrogen-bond donors (Lipinski definition) is 0. The third kappa shape index (κ3) is 5.27.